The number of hydrogen-bond donors (Lipinski definition) is 1. The molecule has 114 valence electrons. The van der Waals surface area contributed by atoms with Crippen LogP contribution < -0.4 is 5.32 Å². The Labute approximate surface area is 125 Å². The molecule has 0 spiro atoms. The van der Waals surface area contributed by atoms with Gasteiger partial charge < -0.3 is 5.32 Å². The lowest BCUT2D eigenvalue weighted by Gasteiger charge is -2.21. The number of nitrogens with one attached hydrogen (secondary N) is 1. The molecule has 0 fully saturated rings. The van der Waals surface area contributed by atoms with Gasteiger partial charge in [0, 0.05) is 29.0 Å². The maximum Gasteiger partial charge on any atom is 0.148 e. The fourth-order valence-electron chi connectivity index (χ4n) is 1.51. The standard InChI is InChI=1S/C14H22FNO2S2/c1-14(2,3)16-10-11-6-5-7-12(15)13(11)19-8-9-20(4,17)18/h5-7,16H,8-10H2,1-4H3. The fraction of sp³-hybridized carbons (Fsp3) is 0.571. The fourth-order valence-corrected chi connectivity index (χ4v) is 3.79. The van der Waals surface area contributed by atoms with Crippen LogP contribution in [0.15, 0.2) is 23.1 Å². The highest BCUT2D eigenvalue weighted by molar-refractivity contribution is 8.00. The van der Waals surface area contributed by atoms with Gasteiger partial charge in [-0.05, 0) is 32.4 Å². The van der Waals surface area contributed by atoms with Gasteiger partial charge in [0.25, 0.3) is 0 Å². The second-order valence-corrected chi connectivity index (χ2v) is 9.17. The molecule has 1 N–H and O–H groups in total. The average molecular weight is 319 g/mol. The Bertz CT molecular complexity index is 551. The van der Waals surface area contributed by atoms with E-state index in [2.05, 4.69) is 5.32 Å². The first-order valence-electron chi connectivity index (χ1n) is 6.41. The minimum Gasteiger partial charge on any atom is -0.308 e. The van der Waals surface area contributed by atoms with Crippen molar-refractivity contribution in [3.63, 3.8) is 0 Å². The van der Waals surface area contributed by atoms with E-state index in [1.54, 1.807) is 6.07 Å². The van der Waals surface area contributed by atoms with Crippen molar-refractivity contribution >= 4 is 21.6 Å². The summed E-state index contributed by atoms with van der Waals surface area (Å²) in [5.41, 5.74) is 0.805. The molecule has 0 aliphatic heterocycles. The zero-order valence-electron chi connectivity index (χ0n) is 12.4. The summed E-state index contributed by atoms with van der Waals surface area (Å²) < 4.78 is 36.1. The molecule has 0 saturated heterocycles. The molecule has 0 aliphatic rings. The van der Waals surface area contributed by atoms with Crippen LogP contribution in [0.3, 0.4) is 0 Å². The molecular weight excluding hydrogens is 297 g/mol. The second-order valence-electron chi connectivity index (χ2n) is 5.81. The quantitative estimate of drug-likeness (QED) is 0.819. The van der Waals surface area contributed by atoms with Crippen LogP contribution in [0.25, 0.3) is 0 Å². The molecule has 0 amide bonds. The van der Waals surface area contributed by atoms with Crippen molar-refractivity contribution in [1.29, 1.82) is 0 Å². The van der Waals surface area contributed by atoms with E-state index in [-0.39, 0.29) is 17.1 Å². The Morgan fingerprint density at radius 2 is 1.95 bits per heavy atom. The van der Waals surface area contributed by atoms with Crippen LogP contribution in [0.5, 0.6) is 0 Å². The van der Waals surface area contributed by atoms with Crippen molar-refractivity contribution in [3.8, 4) is 0 Å². The Hall–Kier alpha value is -0.590. The van der Waals surface area contributed by atoms with Crippen molar-refractivity contribution in [2.45, 2.75) is 37.8 Å². The average Bonchev–Trinajstić information content (AvgIpc) is 2.26. The molecular formula is C14H22FNO2S2. The van der Waals surface area contributed by atoms with Gasteiger partial charge >= 0.3 is 0 Å². The molecule has 20 heavy (non-hydrogen) atoms. The van der Waals surface area contributed by atoms with E-state index in [1.807, 2.05) is 26.8 Å². The van der Waals surface area contributed by atoms with Gasteiger partial charge in [0.05, 0.1) is 5.75 Å². The minimum atomic E-state index is -3.01. The largest absolute Gasteiger partial charge is 0.308 e. The number of hydrogen-bond acceptors (Lipinski definition) is 4. The van der Waals surface area contributed by atoms with Crippen molar-refractivity contribution in [3.05, 3.63) is 29.6 Å². The number of benzene rings is 1. The van der Waals surface area contributed by atoms with Crippen LogP contribution in [0.4, 0.5) is 4.39 Å². The van der Waals surface area contributed by atoms with Gasteiger partial charge in [0.2, 0.25) is 0 Å². The SMILES string of the molecule is CC(C)(C)NCc1cccc(F)c1SCCS(C)(=O)=O. The van der Waals surface area contributed by atoms with Crippen LogP contribution in [0.1, 0.15) is 26.3 Å². The summed E-state index contributed by atoms with van der Waals surface area (Å²) in [6.07, 6.45) is 1.19. The molecule has 0 radical (unpaired) electrons. The molecule has 1 aromatic rings. The molecule has 0 saturated carbocycles. The summed E-state index contributed by atoms with van der Waals surface area (Å²) in [6.45, 7) is 6.69. The first kappa shape index (κ1) is 17.5. The van der Waals surface area contributed by atoms with Crippen LogP contribution >= 0.6 is 11.8 Å². The number of halogens is 1. The van der Waals surface area contributed by atoms with Gasteiger partial charge in [0.1, 0.15) is 15.7 Å². The van der Waals surface area contributed by atoms with Crippen molar-refractivity contribution in [1.82, 2.24) is 5.32 Å². The molecule has 1 rings (SSSR count). The molecule has 0 unspecified atom stereocenters. The maximum atomic E-state index is 13.9. The summed E-state index contributed by atoms with van der Waals surface area (Å²) >= 11 is 1.26. The van der Waals surface area contributed by atoms with E-state index in [1.165, 1.54) is 24.1 Å². The summed E-state index contributed by atoms with van der Waals surface area (Å²) in [6, 6.07) is 4.95. The van der Waals surface area contributed by atoms with Crippen molar-refractivity contribution in [2.75, 3.05) is 17.8 Å². The Morgan fingerprint density at radius 3 is 2.50 bits per heavy atom. The van der Waals surface area contributed by atoms with Gasteiger partial charge in [0.15, 0.2) is 0 Å². The predicted molar refractivity (Wildman–Crippen MR) is 83.4 cm³/mol. The molecule has 3 nitrogen and oxygen atoms in total. The minimum absolute atomic E-state index is 0.0537. The van der Waals surface area contributed by atoms with Gasteiger partial charge in [-0.15, -0.1) is 11.8 Å². The number of rotatable bonds is 6. The van der Waals surface area contributed by atoms with E-state index in [4.69, 9.17) is 0 Å². The zero-order valence-corrected chi connectivity index (χ0v) is 14.0. The van der Waals surface area contributed by atoms with Crippen LogP contribution in [-0.4, -0.2) is 31.7 Å². The van der Waals surface area contributed by atoms with Gasteiger partial charge in [-0.1, -0.05) is 12.1 Å². The third-order valence-corrected chi connectivity index (χ3v) is 4.92. The summed E-state index contributed by atoms with van der Waals surface area (Å²) in [7, 11) is -3.01. The highest BCUT2D eigenvalue weighted by Crippen LogP contribution is 2.26. The van der Waals surface area contributed by atoms with Crippen molar-refractivity contribution in [2.24, 2.45) is 0 Å². The lowest BCUT2D eigenvalue weighted by molar-refractivity contribution is 0.421. The van der Waals surface area contributed by atoms with E-state index in [0.29, 0.717) is 17.2 Å². The first-order chi connectivity index (χ1) is 9.08. The normalized spacial score (nSPS) is 12.7. The number of thioether (sulfide) groups is 1. The molecule has 0 bridgehead atoms. The molecule has 0 aliphatic carbocycles. The third kappa shape index (κ3) is 6.72. The maximum absolute atomic E-state index is 13.9. The molecule has 0 heterocycles. The summed E-state index contributed by atoms with van der Waals surface area (Å²) in [5, 5.41) is 3.31. The third-order valence-electron chi connectivity index (χ3n) is 2.56. The highest BCUT2D eigenvalue weighted by Gasteiger charge is 2.14. The Morgan fingerprint density at radius 1 is 1.30 bits per heavy atom. The molecule has 1 aromatic carbocycles. The first-order valence-corrected chi connectivity index (χ1v) is 9.46. The van der Waals surface area contributed by atoms with Crippen molar-refractivity contribution < 1.29 is 12.8 Å². The van der Waals surface area contributed by atoms with Crippen LogP contribution in [0.2, 0.25) is 0 Å². The van der Waals surface area contributed by atoms with Crippen LogP contribution in [-0.2, 0) is 16.4 Å². The zero-order chi connectivity index (χ0) is 15.4. The van der Waals surface area contributed by atoms with Gasteiger partial charge in [-0.3, -0.25) is 0 Å². The topological polar surface area (TPSA) is 46.2 Å². The molecule has 0 aromatic heterocycles. The summed E-state index contributed by atoms with van der Waals surface area (Å²) in [5.74, 6) is 0.122. The van der Waals surface area contributed by atoms with E-state index < -0.39 is 9.84 Å². The highest BCUT2D eigenvalue weighted by atomic mass is 32.2. The van der Waals surface area contributed by atoms with Gasteiger partial charge in [-0.2, -0.15) is 0 Å². The monoisotopic (exact) mass is 319 g/mol. The lowest BCUT2D eigenvalue weighted by atomic mass is 10.1. The van der Waals surface area contributed by atoms with E-state index in [9.17, 15) is 12.8 Å². The van der Waals surface area contributed by atoms with Crippen LogP contribution in [0, 0.1) is 5.82 Å². The second kappa shape index (κ2) is 6.91. The number of sulfone groups is 1. The van der Waals surface area contributed by atoms with E-state index >= 15 is 0 Å². The van der Waals surface area contributed by atoms with Gasteiger partial charge in [-0.25, -0.2) is 12.8 Å². The smallest absolute Gasteiger partial charge is 0.148 e. The molecule has 0 atom stereocenters. The molecule has 6 heteroatoms. The van der Waals surface area contributed by atoms with E-state index in [0.717, 1.165) is 5.56 Å². The predicted octanol–water partition coefficient (Wildman–Crippen LogP) is 2.85. The Kier molecular flexibility index (Phi) is 6.04. The Balaban J connectivity index is 2.78. The lowest BCUT2D eigenvalue weighted by Crippen LogP contribution is -2.35. The summed E-state index contributed by atoms with van der Waals surface area (Å²) in [4.78, 5) is 0.535.